The van der Waals surface area contributed by atoms with Gasteiger partial charge in [-0.15, -0.1) is 0 Å². The highest BCUT2D eigenvalue weighted by Gasteiger charge is 2.42. The second kappa shape index (κ2) is 6.78. The largest absolute Gasteiger partial charge is 0.622 e. The lowest BCUT2D eigenvalue weighted by Gasteiger charge is -2.33. The van der Waals surface area contributed by atoms with E-state index in [4.69, 9.17) is 0 Å². The molecule has 3 nitrogen and oxygen atoms in total. The molecule has 3 heteroatoms. The van der Waals surface area contributed by atoms with Crippen LogP contribution in [0, 0.1) is 5.21 Å². The molecule has 2 aromatic carbocycles. The maximum Gasteiger partial charge on any atom is 0.246 e. The predicted octanol–water partition coefficient (Wildman–Crippen LogP) is 4.33. The van der Waals surface area contributed by atoms with Gasteiger partial charge in [0.1, 0.15) is 0 Å². The summed E-state index contributed by atoms with van der Waals surface area (Å²) in [5.74, 6) is 0. The zero-order valence-corrected chi connectivity index (χ0v) is 14.0. The van der Waals surface area contributed by atoms with Crippen LogP contribution in [0.1, 0.15) is 49.4 Å². The van der Waals surface area contributed by atoms with Crippen LogP contribution in [0.15, 0.2) is 60.7 Å². The molecule has 1 aliphatic carbocycles. The second-order valence-corrected chi connectivity index (χ2v) is 6.89. The van der Waals surface area contributed by atoms with Crippen molar-refractivity contribution < 1.29 is 4.74 Å². The van der Waals surface area contributed by atoms with Crippen LogP contribution in [0.25, 0.3) is 0 Å². The van der Waals surface area contributed by atoms with E-state index < -0.39 is 0 Å². The van der Waals surface area contributed by atoms with Crippen LogP contribution in [-0.4, -0.2) is 27.9 Å². The van der Waals surface area contributed by atoms with E-state index in [1.165, 1.54) is 36.8 Å². The zero-order chi connectivity index (χ0) is 16.4. The summed E-state index contributed by atoms with van der Waals surface area (Å²) in [7, 11) is 0. The molecular weight excluding hydrogens is 296 g/mol. The molecule has 2 aromatic rings. The average molecular weight is 320 g/mol. The first-order valence-corrected chi connectivity index (χ1v) is 9.03. The molecule has 0 saturated heterocycles. The lowest BCUT2D eigenvalue weighted by atomic mass is 9.93. The Labute approximate surface area is 143 Å². The topological polar surface area (TPSA) is 29.3 Å². The molecule has 124 valence electrons. The number of hydrogen-bond acceptors (Lipinski definition) is 2. The number of benzene rings is 2. The molecule has 1 heterocycles. The van der Waals surface area contributed by atoms with Crippen molar-refractivity contribution in [1.82, 2.24) is 4.90 Å². The summed E-state index contributed by atoms with van der Waals surface area (Å²) in [6.07, 6.45) is 6.11. The third-order valence-corrected chi connectivity index (χ3v) is 5.38. The van der Waals surface area contributed by atoms with Crippen LogP contribution in [0.4, 0.5) is 0 Å². The molecule has 0 aromatic heterocycles. The van der Waals surface area contributed by atoms with Gasteiger partial charge < -0.3 is 5.21 Å². The molecule has 1 atom stereocenters. The molecule has 1 aliphatic heterocycles. The molecule has 1 fully saturated rings. The Bertz CT molecular complexity index is 705. The summed E-state index contributed by atoms with van der Waals surface area (Å²) in [6.45, 7) is 0.748. The number of nitrogens with zero attached hydrogens (tertiary/aromatic N) is 2. The minimum Gasteiger partial charge on any atom is -0.622 e. The fraction of sp³-hybridized carbons (Fsp3) is 0.381. The van der Waals surface area contributed by atoms with Crippen LogP contribution in [0.5, 0.6) is 0 Å². The van der Waals surface area contributed by atoms with E-state index >= 15 is 0 Å². The minimum atomic E-state index is -0.190. The van der Waals surface area contributed by atoms with E-state index in [1.807, 2.05) is 48.5 Å². The van der Waals surface area contributed by atoms with E-state index in [9.17, 15) is 5.21 Å². The molecule has 24 heavy (non-hydrogen) atoms. The van der Waals surface area contributed by atoms with Crippen molar-refractivity contribution in [3.05, 3.63) is 77.0 Å². The maximum absolute atomic E-state index is 13.2. The van der Waals surface area contributed by atoms with Crippen molar-refractivity contribution in [2.45, 2.75) is 44.3 Å². The van der Waals surface area contributed by atoms with Gasteiger partial charge in [-0.05, 0) is 25.0 Å². The number of hydroxylamine groups is 1. The Morgan fingerprint density at radius 2 is 1.46 bits per heavy atom. The van der Waals surface area contributed by atoms with Crippen molar-refractivity contribution >= 4 is 5.71 Å². The highest BCUT2D eigenvalue weighted by molar-refractivity contribution is 5.99. The summed E-state index contributed by atoms with van der Waals surface area (Å²) in [5.41, 5.74) is 3.05. The zero-order valence-electron chi connectivity index (χ0n) is 14.0. The van der Waals surface area contributed by atoms with Crippen LogP contribution in [0.2, 0.25) is 0 Å². The lowest BCUT2D eigenvalue weighted by molar-refractivity contribution is -0.524. The number of hydrogen-bond donors (Lipinski definition) is 0. The van der Waals surface area contributed by atoms with Crippen molar-refractivity contribution in [3.63, 3.8) is 0 Å². The van der Waals surface area contributed by atoms with Gasteiger partial charge in [-0.3, -0.25) is 0 Å². The standard InChI is InChI=1S/C21H24N2O/c24-23-20(17-10-4-1-5-11-17)16-22(19-14-8-3-9-15-19)21(23)18-12-6-2-7-13-18/h1-2,4-7,10-13,19,21H,3,8-9,14-16H2. The molecule has 1 unspecified atom stereocenters. The number of rotatable bonds is 3. The van der Waals surface area contributed by atoms with Crippen molar-refractivity contribution in [3.8, 4) is 0 Å². The normalized spacial score (nSPS) is 22.9. The highest BCUT2D eigenvalue weighted by atomic mass is 16.5. The van der Waals surface area contributed by atoms with Gasteiger partial charge in [0, 0.05) is 17.2 Å². The monoisotopic (exact) mass is 320 g/mol. The second-order valence-electron chi connectivity index (χ2n) is 6.89. The lowest BCUT2D eigenvalue weighted by Crippen LogP contribution is -2.39. The van der Waals surface area contributed by atoms with E-state index in [1.54, 1.807) is 0 Å². The van der Waals surface area contributed by atoms with Gasteiger partial charge in [-0.2, -0.15) is 4.74 Å². The van der Waals surface area contributed by atoms with Crippen LogP contribution >= 0.6 is 0 Å². The van der Waals surface area contributed by atoms with Gasteiger partial charge in [0.05, 0.1) is 6.54 Å². The van der Waals surface area contributed by atoms with E-state index in [2.05, 4.69) is 17.0 Å². The first-order valence-electron chi connectivity index (χ1n) is 9.03. The Morgan fingerprint density at radius 3 is 2.12 bits per heavy atom. The SMILES string of the molecule is [O-][N+]1=C(c2ccccc2)CN(C2CCCCC2)C1c1ccccc1. The fourth-order valence-corrected chi connectivity index (χ4v) is 4.15. The first-order chi connectivity index (χ1) is 11.8. The van der Waals surface area contributed by atoms with Gasteiger partial charge in [-0.25, -0.2) is 4.90 Å². The Hall–Kier alpha value is -2.13. The van der Waals surface area contributed by atoms with Crippen LogP contribution < -0.4 is 0 Å². The van der Waals surface area contributed by atoms with Crippen LogP contribution in [-0.2, 0) is 0 Å². The van der Waals surface area contributed by atoms with Crippen molar-refractivity contribution in [2.24, 2.45) is 0 Å². The molecule has 2 aliphatic rings. The van der Waals surface area contributed by atoms with Gasteiger partial charge >= 0.3 is 0 Å². The van der Waals surface area contributed by atoms with Gasteiger partial charge in [0.25, 0.3) is 0 Å². The molecule has 0 spiro atoms. The molecule has 0 radical (unpaired) electrons. The van der Waals surface area contributed by atoms with Gasteiger partial charge in [-0.1, -0.05) is 67.8 Å². The summed E-state index contributed by atoms with van der Waals surface area (Å²) in [4.78, 5) is 2.43. The molecule has 0 N–H and O–H groups in total. The summed E-state index contributed by atoms with van der Waals surface area (Å²) < 4.78 is 1.25. The van der Waals surface area contributed by atoms with Gasteiger partial charge in [0.15, 0.2) is 0 Å². The molecule has 0 amide bonds. The van der Waals surface area contributed by atoms with Crippen molar-refractivity contribution in [2.75, 3.05) is 6.54 Å². The van der Waals surface area contributed by atoms with Gasteiger partial charge in [0.2, 0.25) is 11.9 Å². The average Bonchev–Trinajstić information content (AvgIpc) is 3.01. The summed E-state index contributed by atoms with van der Waals surface area (Å²) in [5, 5.41) is 13.2. The highest BCUT2D eigenvalue weighted by Crippen LogP contribution is 2.34. The molecular formula is C21H24N2O. The Morgan fingerprint density at radius 1 is 0.833 bits per heavy atom. The molecule has 1 saturated carbocycles. The quantitative estimate of drug-likeness (QED) is 0.622. The van der Waals surface area contributed by atoms with Crippen LogP contribution in [0.3, 0.4) is 0 Å². The molecule has 4 rings (SSSR count). The minimum absolute atomic E-state index is 0.190. The third-order valence-electron chi connectivity index (χ3n) is 5.38. The first kappa shape index (κ1) is 15.4. The summed E-state index contributed by atoms with van der Waals surface area (Å²) >= 11 is 0. The predicted molar refractivity (Wildman–Crippen MR) is 96.9 cm³/mol. The van der Waals surface area contributed by atoms with E-state index in [0.29, 0.717) is 6.04 Å². The van der Waals surface area contributed by atoms with E-state index in [0.717, 1.165) is 23.4 Å². The third kappa shape index (κ3) is 2.84. The fourth-order valence-electron chi connectivity index (χ4n) is 4.15. The smallest absolute Gasteiger partial charge is 0.246 e. The Balaban J connectivity index is 1.72. The Kier molecular flexibility index (Phi) is 4.35. The molecule has 0 bridgehead atoms. The summed E-state index contributed by atoms with van der Waals surface area (Å²) in [6, 6.07) is 20.9. The maximum atomic E-state index is 13.2. The van der Waals surface area contributed by atoms with Crippen molar-refractivity contribution in [1.29, 1.82) is 0 Å². The van der Waals surface area contributed by atoms with E-state index in [-0.39, 0.29) is 6.17 Å².